The first-order chi connectivity index (χ1) is 12.8. The number of fused-ring (bicyclic) bond motifs is 1. The van der Waals surface area contributed by atoms with Gasteiger partial charge in [-0.1, -0.05) is 25.4 Å². The Labute approximate surface area is 159 Å². The Hall–Kier alpha value is -2.87. The number of halogens is 3. The Morgan fingerprint density at radius 1 is 1.15 bits per heavy atom. The van der Waals surface area contributed by atoms with Crippen molar-refractivity contribution in [3.63, 3.8) is 0 Å². The van der Waals surface area contributed by atoms with E-state index in [1.54, 1.807) is 12.1 Å². The smallest absolute Gasteiger partial charge is 0.308 e. The third-order valence-electron chi connectivity index (χ3n) is 3.81. The maximum atomic E-state index is 12.7. The summed E-state index contributed by atoms with van der Waals surface area (Å²) in [4.78, 5) is 24.5. The molecule has 2 amide bonds. The van der Waals surface area contributed by atoms with Crippen LogP contribution in [0, 0.1) is 0 Å². The van der Waals surface area contributed by atoms with Crippen molar-refractivity contribution in [1.29, 1.82) is 0 Å². The number of aromatic nitrogens is 3. The van der Waals surface area contributed by atoms with Crippen molar-refractivity contribution in [2.75, 3.05) is 10.6 Å². The molecule has 0 spiro atoms. The Kier molecular flexibility index (Phi) is 5.46. The molecular formula is C18H16ClF2N5O. The average molecular weight is 392 g/mol. The van der Waals surface area contributed by atoms with Crippen molar-refractivity contribution in [3.8, 4) is 0 Å². The summed E-state index contributed by atoms with van der Waals surface area (Å²) in [6.45, 7) is 3.91. The van der Waals surface area contributed by atoms with E-state index in [2.05, 4.69) is 25.6 Å². The van der Waals surface area contributed by atoms with Crippen molar-refractivity contribution < 1.29 is 13.6 Å². The number of hydrogen-bond donors (Lipinski definition) is 2. The molecular weight excluding hydrogens is 376 g/mol. The molecule has 9 heteroatoms. The molecule has 6 nitrogen and oxygen atoms in total. The standard InChI is InChI=1S/C18H16ClF2N5O/c1-9(2)15-13(8-23-11-3-4-14(19)26-16(11)15)25-18(27)24-10-5-6-22-12(7-10)17(20)21/h3-9,17H,1-2H3,(H2,22,24,25,27). The Morgan fingerprint density at radius 3 is 2.63 bits per heavy atom. The summed E-state index contributed by atoms with van der Waals surface area (Å²) in [6.07, 6.45) is 0.0206. The number of alkyl halides is 2. The van der Waals surface area contributed by atoms with Gasteiger partial charge in [0.15, 0.2) is 0 Å². The number of pyridine rings is 3. The van der Waals surface area contributed by atoms with E-state index >= 15 is 0 Å². The summed E-state index contributed by atoms with van der Waals surface area (Å²) in [5.74, 6) is 0.0307. The number of nitrogens with one attached hydrogen (secondary N) is 2. The lowest BCUT2D eigenvalue weighted by Gasteiger charge is -2.16. The van der Waals surface area contributed by atoms with E-state index in [-0.39, 0.29) is 11.6 Å². The lowest BCUT2D eigenvalue weighted by molar-refractivity contribution is 0.146. The highest BCUT2D eigenvalue weighted by Crippen LogP contribution is 2.31. The van der Waals surface area contributed by atoms with Gasteiger partial charge in [0, 0.05) is 17.4 Å². The second-order valence-corrected chi connectivity index (χ2v) is 6.48. The van der Waals surface area contributed by atoms with E-state index < -0.39 is 18.2 Å². The quantitative estimate of drug-likeness (QED) is 0.585. The molecule has 0 aliphatic rings. The van der Waals surface area contributed by atoms with Crippen LogP contribution in [-0.4, -0.2) is 21.0 Å². The molecule has 3 rings (SSSR count). The van der Waals surface area contributed by atoms with Gasteiger partial charge < -0.3 is 10.6 Å². The normalized spacial score (nSPS) is 11.2. The van der Waals surface area contributed by atoms with Crippen molar-refractivity contribution in [3.05, 3.63) is 53.1 Å². The third-order valence-corrected chi connectivity index (χ3v) is 4.02. The first kappa shape index (κ1) is 18.9. The summed E-state index contributed by atoms with van der Waals surface area (Å²) in [6, 6.07) is 5.35. The van der Waals surface area contributed by atoms with Crippen LogP contribution in [-0.2, 0) is 0 Å². The van der Waals surface area contributed by atoms with Gasteiger partial charge >= 0.3 is 6.03 Å². The van der Waals surface area contributed by atoms with E-state index in [0.717, 1.165) is 11.6 Å². The highest BCUT2D eigenvalue weighted by Gasteiger charge is 2.16. The molecule has 2 N–H and O–H groups in total. The number of hydrogen-bond acceptors (Lipinski definition) is 4. The lowest BCUT2D eigenvalue weighted by Crippen LogP contribution is -2.21. The minimum atomic E-state index is -2.72. The van der Waals surface area contributed by atoms with Gasteiger partial charge in [-0.2, -0.15) is 0 Å². The van der Waals surface area contributed by atoms with E-state index in [1.807, 2.05) is 13.8 Å². The SMILES string of the molecule is CC(C)c1c(NC(=O)Nc2ccnc(C(F)F)c2)cnc2ccc(Cl)nc12. The van der Waals surface area contributed by atoms with Crippen LogP contribution in [0.3, 0.4) is 0 Å². The predicted octanol–water partition coefficient (Wildman–Crippen LogP) is 5.38. The van der Waals surface area contributed by atoms with Crippen LogP contribution >= 0.6 is 11.6 Å². The topological polar surface area (TPSA) is 79.8 Å². The number of urea groups is 1. The molecule has 0 radical (unpaired) electrons. The summed E-state index contributed by atoms with van der Waals surface area (Å²) < 4.78 is 25.5. The van der Waals surface area contributed by atoms with Crippen LogP contribution in [0.1, 0.15) is 37.4 Å². The minimum absolute atomic E-state index is 0.0307. The predicted molar refractivity (Wildman–Crippen MR) is 100 cm³/mol. The fourth-order valence-electron chi connectivity index (χ4n) is 2.68. The largest absolute Gasteiger partial charge is 0.323 e. The zero-order valence-corrected chi connectivity index (χ0v) is 15.3. The first-order valence-electron chi connectivity index (χ1n) is 8.12. The Balaban J connectivity index is 1.88. The Morgan fingerprint density at radius 2 is 1.93 bits per heavy atom. The molecule has 0 aliphatic heterocycles. The number of nitrogens with zero attached hydrogens (tertiary/aromatic N) is 3. The minimum Gasteiger partial charge on any atom is -0.308 e. The van der Waals surface area contributed by atoms with Crippen LogP contribution in [0.5, 0.6) is 0 Å². The van der Waals surface area contributed by atoms with Crippen molar-refractivity contribution in [2.24, 2.45) is 0 Å². The summed E-state index contributed by atoms with van der Waals surface area (Å²) in [5, 5.41) is 5.53. The number of amides is 2. The molecule has 0 aliphatic carbocycles. The average Bonchev–Trinajstić information content (AvgIpc) is 2.61. The summed E-state index contributed by atoms with van der Waals surface area (Å²) in [5.41, 5.74) is 2.29. The van der Waals surface area contributed by atoms with Gasteiger partial charge in [0.2, 0.25) is 0 Å². The molecule has 0 saturated heterocycles. The maximum absolute atomic E-state index is 12.7. The van der Waals surface area contributed by atoms with E-state index in [4.69, 9.17) is 11.6 Å². The molecule has 140 valence electrons. The molecule has 27 heavy (non-hydrogen) atoms. The number of carbonyl (C=O) groups is 1. The number of rotatable bonds is 4. The van der Waals surface area contributed by atoms with Crippen LogP contribution in [0.4, 0.5) is 25.0 Å². The van der Waals surface area contributed by atoms with E-state index in [0.29, 0.717) is 21.9 Å². The van der Waals surface area contributed by atoms with Gasteiger partial charge in [-0.25, -0.2) is 18.6 Å². The molecule has 0 fully saturated rings. The molecule has 3 heterocycles. The fraction of sp³-hybridized carbons (Fsp3) is 0.222. The first-order valence-corrected chi connectivity index (χ1v) is 8.50. The Bertz CT molecular complexity index is 997. The van der Waals surface area contributed by atoms with Crippen LogP contribution < -0.4 is 10.6 Å². The second-order valence-electron chi connectivity index (χ2n) is 6.09. The van der Waals surface area contributed by atoms with Crippen LogP contribution in [0.2, 0.25) is 5.15 Å². The molecule has 0 atom stereocenters. The molecule has 0 bridgehead atoms. The zero-order chi connectivity index (χ0) is 19.6. The molecule has 0 unspecified atom stereocenters. The van der Waals surface area contributed by atoms with Gasteiger partial charge in [-0.05, 0) is 30.2 Å². The van der Waals surface area contributed by atoms with Gasteiger partial charge in [0.1, 0.15) is 10.8 Å². The van der Waals surface area contributed by atoms with Crippen LogP contribution in [0.25, 0.3) is 11.0 Å². The van der Waals surface area contributed by atoms with Gasteiger partial charge in [-0.3, -0.25) is 9.97 Å². The van der Waals surface area contributed by atoms with Gasteiger partial charge in [0.25, 0.3) is 6.43 Å². The highest BCUT2D eigenvalue weighted by atomic mass is 35.5. The number of anilines is 2. The molecule has 0 aromatic carbocycles. The van der Waals surface area contributed by atoms with Crippen molar-refractivity contribution in [2.45, 2.75) is 26.2 Å². The zero-order valence-electron chi connectivity index (χ0n) is 14.5. The second kappa shape index (κ2) is 7.79. The molecule has 3 aromatic heterocycles. The van der Waals surface area contributed by atoms with E-state index in [1.165, 1.54) is 18.5 Å². The van der Waals surface area contributed by atoms with Crippen LogP contribution in [0.15, 0.2) is 36.7 Å². The van der Waals surface area contributed by atoms with Gasteiger partial charge in [-0.15, -0.1) is 0 Å². The molecule has 0 saturated carbocycles. The lowest BCUT2D eigenvalue weighted by atomic mass is 10.0. The highest BCUT2D eigenvalue weighted by molar-refractivity contribution is 6.29. The van der Waals surface area contributed by atoms with Gasteiger partial charge in [0.05, 0.1) is 22.9 Å². The number of carbonyl (C=O) groups excluding carboxylic acids is 1. The maximum Gasteiger partial charge on any atom is 0.323 e. The summed E-state index contributed by atoms with van der Waals surface area (Å²) >= 11 is 6.00. The van der Waals surface area contributed by atoms with Crippen molar-refractivity contribution >= 4 is 40.0 Å². The fourth-order valence-corrected chi connectivity index (χ4v) is 2.82. The third kappa shape index (κ3) is 4.28. The summed E-state index contributed by atoms with van der Waals surface area (Å²) in [7, 11) is 0. The monoisotopic (exact) mass is 391 g/mol. The molecule has 3 aromatic rings. The van der Waals surface area contributed by atoms with E-state index in [9.17, 15) is 13.6 Å². The van der Waals surface area contributed by atoms with Crippen molar-refractivity contribution in [1.82, 2.24) is 15.0 Å².